The topological polar surface area (TPSA) is 104 Å². The first-order chi connectivity index (χ1) is 15.0. The third kappa shape index (κ3) is 4.83. The minimum Gasteiger partial charge on any atom is -0.350 e. The monoisotopic (exact) mass is 437 g/mol. The molecule has 0 radical (unpaired) electrons. The second-order valence-corrected chi connectivity index (χ2v) is 7.94. The number of carbonyl (C=O) groups is 1. The summed E-state index contributed by atoms with van der Waals surface area (Å²) in [5.74, 6) is 0.363. The fourth-order valence-corrected chi connectivity index (χ4v) is 3.74. The van der Waals surface area contributed by atoms with Crippen molar-refractivity contribution in [2.24, 2.45) is 0 Å². The highest BCUT2D eigenvalue weighted by atomic mass is 32.2. The van der Waals surface area contributed by atoms with Crippen LogP contribution in [0, 0.1) is 5.82 Å². The molecule has 1 amide bonds. The number of carbonyl (C=O) groups excluding carboxylic acids is 1. The maximum Gasteiger partial charge on any atom is 0.268 e. The van der Waals surface area contributed by atoms with Crippen molar-refractivity contribution in [3.05, 3.63) is 82.3 Å². The van der Waals surface area contributed by atoms with Gasteiger partial charge in [0.25, 0.3) is 11.5 Å². The molecule has 4 aromatic rings. The summed E-state index contributed by atoms with van der Waals surface area (Å²) in [6.45, 7) is 0. The number of H-pyrrole nitrogens is 2. The van der Waals surface area contributed by atoms with Gasteiger partial charge in [0, 0.05) is 23.2 Å². The number of rotatable bonds is 7. The molecule has 0 aliphatic carbocycles. The molecule has 0 aliphatic rings. The van der Waals surface area contributed by atoms with E-state index in [4.69, 9.17) is 0 Å². The van der Waals surface area contributed by atoms with Crippen molar-refractivity contribution in [3.63, 3.8) is 0 Å². The van der Waals surface area contributed by atoms with E-state index in [0.29, 0.717) is 34.8 Å². The number of aromatic nitrogens is 4. The van der Waals surface area contributed by atoms with Crippen LogP contribution >= 0.6 is 11.8 Å². The van der Waals surface area contributed by atoms with E-state index in [2.05, 4.69) is 25.3 Å². The van der Waals surface area contributed by atoms with Crippen molar-refractivity contribution >= 4 is 28.6 Å². The van der Waals surface area contributed by atoms with Crippen LogP contribution in [0.3, 0.4) is 0 Å². The SMILES string of the molecule is CSCC[C@H](NC(=O)c1cc2ccc(F)cc2[nH]1)c1cc(=O)[nH]c(-c2ccccn2)n1. The first-order valence-corrected chi connectivity index (χ1v) is 11.0. The lowest BCUT2D eigenvalue weighted by Crippen LogP contribution is -2.31. The number of hydrogen-bond donors (Lipinski definition) is 3. The van der Waals surface area contributed by atoms with Crippen molar-refractivity contribution in [2.75, 3.05) is 12.0 Å². The number of pyridine rings is 1. The molecule has 3 N–H and O–H groups in total. The summed E-state index contributed by atoms with van der Waals surface area (Å²) in [6, 6.07) is 12.2. The van der Waals surface area contributed by atoms with Crippen LogP contribution in [0.25, 0.3) is 22.4 Å². The summed E-state index contributed by atoms with van der Waals surface area (Å²) >= 11 is 1.63. The van der Waals surface area contributed by atoms with Crippen molar-refractivity contribution in [3.8, 4) is 11.5 Å². The Morgan fingerprint density at radius 2 is 2.06 bits per heavy atom. The van der Waals surface area contributed by atoms with Gasteiger partial charge >= 0.3 is 0 Å². The minimum absolute atomic E-state index is 0.310. The second kappa shape index (κ2) is 9.13. The Morgan fingerprint density at radius 3 is 2.84 bits per heavy atom. The van der Waals surface area contributed by atoms with Crippen LogP contribution in [0.1, 0.15) is 28.6 Å². The summed E-state index contributed by atoms with van der Waals surface area (Å²) in [6.07, 6.45) is 4.17. The lowest BCUT2D eigenvalue weighted by molar-refractivity contribution is 0.0930. The molecule has 0 spiro atoms. The second-order valence-electron chi connectivity index (χ2n) is 6.96. The number of amides is 1. The summed E-state index contributed by atoms with van der Waals surface area (Å²) in [5.41, 5.74) is 1.51. The first-order valence-electron chi connectivity index (χ1n) is 9.64. The highest BCUT2D eigenvalue weighted by Gasteiger charge is 2.20. The molecule has 7 nitrogen and oxygen atoms in total. The molecular formula is C22H20FN5O2S. The van der Waals surface area contributed by atoms with Gasteiger partial charge in [0.2, 0.25) is 0 Å². The van der Waals surface area contributed by atoms with Crippen molar-refractivity contribution in [1.29, 1.82) is 0 Å². The van der Waals surface area contributed by atoms with Crippen LogP contribution in [-0.4, -0.2) is 37.9 Å². The van der Waals surface area contributed by atoms with Crippen molar-refractivity contribution in [2.45, 2.75) is 12.5 Å². The molecule has 1 aromatic carbocycles. The Morgan fingerprint density at radius 1 is 1.19 bits per heavy atom. The molecule has 0 saturated carbocycles. The molecule has 0 fully saturated rings. The molecule has 9 heteroatoms. The van der Waals surface area contributed by atoms with Gasteiger partial charge in [-0.1, -0.05) is 6.07 Å². The van der Waals surface area contributed by atoms with Crippen LogP contribution in [0.4, 0.5) is 4.39 Å². The molecule has 4 rings (SSSR count). The summed E-state index contributed by atoms with van der Waals surface area (Å²) in [5, 5.41) is 3.69. The first kappa shape index (κ1) is 20.8. The maximum absolute atomic E-state index is 13.5. The number of fused-ring (bicyclic) bond motifs is 1. The molecule has 158 valence electrons. The van der Waals surface area contributed by atoms with Gasteiger partial charge in [-0.25, -0.2) is 9.37 Å². The average Bonchev–Trinajstić information content (AvgIpc) is 3.20. The molecule has 0 aliphatic heterocycles. The molecule has 0 saturated heterocycles. The average molecular weight is 438 g/mol. The predicted molar refractivity (Wildman–Crippen MR) is 120 cm³/mol. The number of nitrogens with one attached hydrogen (secondary N) is 3. The van der Waals surface area contributed by atoms with Crippen LogP contribution in [0.5, 0.6) is 0 Å². The third-order valence-corrected chi connectivity index (χ3v) is 5.42. The third-order valence-electron chi connectivity index (χ3n) is 4.77. The van der Waals surface area contributed by atoms with Crippen molar-refractivity contribution < 1.29 is 9.18 Å². The minimum atomic E-state index is -0.479. The number of halogens is 1. The van der Waals surface area contributed by atoms with Crippen molar-refractivity contribution in [1.82, 2.24) is 25.3 Å². The summed E-state index contributed by atoms with van der Waals surface area (Å²) < 4.78 is 13.5. The van der Waals surface area contributed by atoms with Gasteiger partial charge in [-0.15, -0.1) is 0 Å². The number of hydrogen-bond acceptors (Lipinski definition) is 5. The zero-order valence-electron chi connectivity index (χ0n) is 16.7. The number of benzene rings is 1. The Hall–Kier alpha value is -3.46. The Balaban J connectivity index is 1.64. The van der Waals surface area contributed by atoms with Crippen LogP contribution in [0.15, 0.2) is 59.5 Å². The van der Waals surface area contributed by atoms with Gasteiger partial charge < -0.3 is 15.3 Å². The van der Waals surface area contributed by atoms with Gasteiger partial charge in [0.05, 0.1) is 11.7 Å². The zero-order chi connectivity index (χ0) is 21.8. The lowest BCUT2D eigenvalue weighted by atomic mass is 10.1. The molecule has 0 unspecified atom stereocenters. The van der Waals surface area contributed by atoms with Crippen LogP contribution in [-0.2, 0) is 0 Å². The van der Waals surface area contributed by atoms with Gasteiger partial charge in [-0.3, -0.25) is 14.6 Å². The van der Waals surface area contributed by atoms with Gasteiger partial charge in [0.15, 0.2) is 5.82 Å². The quantitative estimate of drug-likeness (QED) is 0.409. The van der Waals surface area contributed by atoms with Gasteiger partial charge in [-0.2, -0.15) is 11.8 Å². The highest BCUT2D eigenvalue weighted by Crippen LogP contribution is 2.21. The number of aromatic amines is 2. The zero-order valence-corrected chi connectivity index (χ0v) is 17.5. The molecule has 0 bridgehead atoms. The van der Waals surface area contributed by atoms with E-state index in [0.717, 1.165) is 11.1 Å². The molecule has 1 atom stereocenters. The van der Waals surface area contributed by atoms with Crippen LogP contribution in [0.2, 0.25) is 0 Å². The van der Waals surface area contributed by atoms with E-state index in [1.807, 2.05) is 6.26 Å². The standard InChI is InChI=1S/C22H20FN5O2S/c1-31-9-7-15(18-12-20(29)28-21(26-18)16-4-2-3-8-24-16)27-22(30)19-10-13-5-6-14(23)11-17(13)25-19/h2-6,8,10-12,15,25H,7,9H2,1H3,(H,27,30)(H,26,28,29)/t15-/m0/s1. The highest BCUT2D eigenvalue weighted by molar-refractivity contribution is 7.98. The Kier molecular flexibility index (Phi) is 6.13. The fraction of sp³-hybridized carbons (Fsp3) is 0.182. The number of thioether (sulfide) groups is 1. The molecule has 3 aromatic heterocycles. The summed E-state index contributed by atoms with van der Waals surface area (Å²) in [7, 11) is 0. The van der Waals surface area contributed by atoms with E-state index in [9.17, 15) is 14.0 Å². The van der Waals surface area contributed by atoms with E-state index < -0.39 is 6.04 Å². The Bertz CT molecular complexity index is 1270. The molecule has 31 heavy (non-hydrogen) atoms. The van der Waals surface area contributed by atoms with Crippen LogP contribution < -0.4 is 10.9 Å². The summed E-state index contributed by atoms with van der Waals surface area (Å²) in [4.78, 5) is 39.6. The largest absolute Gasteiger partial charge is 0.350 e. The predicted octanol–water partition coefficient (Wildman–Crippen LogP) is 3.68. The normalized spacial score (nSPS) is 12.1. The molecular weight excluding hydrogens is 417 g/mol. The van der Waals surface area contributed by atoms with Gasteiger partial charge in [-0.05, 0) is 54.8 Å². The lowest BCUT2D eigenvalue weighted by Gasteiger charge is -2.18. The smallest absolute Gasteiger partial charge is 0.268 e. The number of nitrogens with zero attached hydrogens (tertiary/aromatic N) is 2. The van der Waals surface area contributed by atoms with E-state index in [-0.39, 0.29) is 17.3 Å². The molecule has 3 heterocycles. The van der Waals surface area contributed by atoms with E-state index in [1.165, 1.54) is 18.2 Å². The fourth-order valence-electron chi connectivity index (χ4n) is 3.27. The van der Waals surface area contributed by atoms with Gasteiger partial charge in [0.1, 0.15) is 17.2 Å². The Labute approximate surface area is 181 Å². The maximum atomic E-state index is 13.5. The van der Waals surface area contributed by atoms with E-state index in [1.54, 1.807) is 48.3 Å². The van der Waals surface area contributed by atoms with E-state index >= 15 is 0 Å².